The van der Waals surface area contributed by atoms with Crippen molar-refractivity contribution in [1.29, 1.82) is 0 Å². The summed E-state index contributed by atoms with van der Waals surface area (Å²) in [5, 5.41) is 14.3. The number of thiophene rings is 1. The maximum Gasteiger partial charge on any atom is 0.223 e. The Morgan fingerprint density at radius 3 is 3.00 bits per heavy atom. The summed E-state index contributed by atoms with van der Waals surface area (Å²) in [5.41, 5.74) is 0. The van der Waals surface area contributed by atoms with E-state index in [-0.39, 0.29) is 11.8 Å². The highest BCUT2D eigenvalue weighted by atomic mass is 32.1. The van der Waals surface area contributed by atoms with Crippen LogP contribution >= 0.6 is 11.3 Å². The zero-order valence-corrected chi connectivity index (χ0v) is 11.7. The van der Waals surface area contributed by atoms with Crippen LogP contribution in [0.15, 0.2) is 17.5 Å². The molecule has 1 aromatic rings. The van der Waals surface area contributed by atoms with Crippen molar-refractivity contribution in [2.75, 3.05) is 20.3 Å². The predicted octanol–water partition coefficient (Wildman–Crippen LogP) is 1.44. The predicted molar refractivity (Wildman–Crippen MR) is 72.7 cm³/mol. The number of methoxy groups -OCH3 is 1. The first-order valence-electron chi connectivity index (χ1n) is 6.10. The first-order valence-corrected chi connectivity index (χ1v) is 6.98. The number of rotatable bonds is 8. The molecule has 0 saturated heterocycles. The zero-order valence-electron chi connectivity index (χ0n) is 10.9. The largest absolute Gasteiger partial charge is 0.391 e. The van der Waals surface area contributed by atoms with Gasteiger partial charge in [-0.15, -0.1) is 11.3 Å². The number of aliphatic hydroxyl groups excluding tert-OH is 1. The lowest BCUT2D eigenvalue weighted by Gasteiger charge is -2.13. The minimum Gasteiger partial charge on any atom is -0.391 e. The van der Waals surface area contributed by atoms with Gasteiger partial charge in [0.1, 0.15) is 0 Å². The third kappa shape index (κ3) is 5.62. The van der Waals surface area contributed by atoms with E-state index in [9.17, 15) is 9.90 Å². The van der Waals surface area contributed by atoms with Crippen molar-refractivity contribution in [3.63, 3.8) is 0 Å². The Morgan fingerprint density at radius 1 is 1.61 bits per heavy atom. The van der Waals surface area contributed by atoms with Crippen molar-refractivity contribution in [3.8, 4) is 0 Å². The fraction of sp³-hybridized carbons (Fsp3) is 0.615. The number of hydrogen-bond acceptors (Lipinski definition) is 4. The minimum absolute atomic E-state index is 0.0352. The third-order valence-corrected chi connectivity index (χ3v) is 3.57. The molecule has 0 bridgehead atoms. The van der Waals surface area contributed by atoms with E-state index >= 15 is 0 Å². The van der Waals surface area contributed by atoms with Crippen LogP contribution in [0.5, 0.6) is 0 Å². The summed E-state index contributed by atoms with van der Waals surface area (Å²) < 4.78 is 4.82. The first kappa shape index (κ1) is 15.1. The van der Waals surface area contributed by atoms with Crippen LogP contribution in [0.25, 0.3) is 0 Å². The van der Waals surface area contributed by atoms with Gasteiger partial charge in [0.15, 0.2) is 0 Å². The van der Waals surface area contributed by atoms with Gasteiger partial charge >= 0.3 is 0 Å². The molecule has 1 heterocycles. The number of nitrogens with one attached hydrogen (secondary N) is 1. The quantitative estimate of drug-likeness (QED) is 0.752. The van der Waals surface area contributed by atoms with E-state index in [1.807, 2.05) is 24.4 Å². The molecule has 2 N–H and O–H groups in total. The van der Waals surface area contributed by atoms with Crippen LogP contribution in [0, 0.1) is 5.92 Å². The molecule has 0 fully saturated rings. The van der Waals surface area contributed by atoms with Crippen molar-refractivity contribution in [2.45, 2.75) is 25.9 Å². The van der Waals surface area contributed by atoms with Crippen molar-refractivity contribution in [3.05, 3.63) is 22.4 Å². The normalized spacial score (nSPS) is 14.2. The molecule has 0 spiro atoms. The van der Waals surface area contributed by atoms with E-state index in [1.165, 1.54) is 4.88 Å². The van der Waals surface area contributed by atoms with E-state index in [0.29, 0.717) is 19.6 Å². The Morgan fingerprint density at radius 2 is 2.39 bits per heavy atom. The molecule has 1 rings (SSSR count). The molecule has 0 aliphatic rings. The molecule has 0 aliphatic heterocycles. The molecule has 102 valence electrons. The van der Waals surface area contributed by atoms with E-state index in [4.69, 9.17) is 4.74 Å². The van der Waals surface area contributed by atoms with Gasteiger partial charge < -0.3 is 15.2 Å². The average Bonchev–Trinajstić information content (AvgIpc) is 2.82. The molecule has 0 saturated carbocycles. The van der Waals surface area contributed by atoms with Crippen LogP contribution in [0.1, 0.15) is 18.2 Å². The number of amides is 1. The number of carbonyl (C=O) groups excluding carboxylic acids is 1. The average molecular weight is 271 g/mol. The van der Waals surface area contributed by atoms with Crippen molar-refractivity contribution >= 4 is 17.2 Å². The topological polar surface area (TPSA) is 58.6 Å². The highest BCUT2D eigenvalue weighted by Crippen LogP contribution is 2.14. The van der Waals surface area contributed by atoms with Gasteiger partial charge in [0.05, 0.1) is 12.7 Å². The Balaban J connectivity index is 2.19. The molecule has 0 aliphatic carbocycles. The van der Waals surface area contributed by atoms with Crippen LogP contribution < -0.4 is 5.32 Å². The van der Waals surface area contributed by atoms with Crippen LogP contribution in [-0.4, -0.2) is 37.4 Å². The van der Waals surface area contributed by atoms with E-state index in [0.717, 1.165) is 6.42 Å². The van der Waals surface area contributed by atoms with Crippen molar-refractivity contribution in [1.82, 2.24) is 5.32 Å². The Bertz CT molecular complexity index is 340. The lowest BCUT2D eigenvalue weighted by molar-refractivity contribution is -0.124. The number of ether oxygens (including phenoxy) is 1. The van der Waals surface area contributed by atoms with Gasteiger partial charge in [0.2, 0.25) is 5.91 Å². The third-order valence-electron chi connectivity index (χ3n) is 2.67. The van der Waals surface area contributed by atoms with E-state index in [2.05, 4.69) is 5.32 Å². The number of aliphatic hydroxyl groups is 1. The van der Waals surface area contributed by atoms with Gasteiger partial charge in [0, 0.05) is 24.4 Å². The monoisotopic (exact) mass is 271 g/mol. The molecule has 0 radical (unpaired) electrons. The fourth-order valence-corrected chi connectivity index (χ4v) is 2.47. The van der Waals surface area contributed by atoms with Crippen LogP contribution in [0.4, 0.5) is 0 Å². The summed E-state index contributed by atoms with van der Waals surface area (Å²) in [4.78, 5) is 13.0. The van der Waals surface area contributed by atoms with E-state index < -0.39 is 6.10 Å². The Labute approximate surface area is 112 Å². The zero-order chi connectivity index (χ0) is 13.4. The lowest BCUT2D eigenvalue weighted by Crippen LogP contribution is -2.33. The maximum atomic E-state index is 11.8. The minimum atomic E-state index is -0.511. The van der Waals surface area contributed by atoms with Gasteiger partial charge in [-0.2, -0.15) is 0 Å². The van der Waals surface area contributed by atoms with Crippen molar-refractivity contribution < 1.29 is 14.6 Å². The molecule has 0 aromatic carbocycles. The summed E-state index contributed by atoms with van der Waals surface area (Å²) in [6, 6.07) is 4.03. The number of carbonyl (C=O) groups is 1. The smallest absolute Gasteiger partial charge is 0.223 e. The van der Waals surface area contributed by atoms with Gasteiger partial charge in [-0.3, -0.25) is 4.79 Å². The summed E-state index contributed by atoms with van der Waals surface area (Å²) in [7, 11) is 1.55. The standard InChI is InChI=1S/C13H21NO3S/c1-10(8-12-4-3-7-18-12)13(16)14-6-5-11(15)9-17-2/h3-4,7,10-11,15H,5-6,8-9H2,1-2H3,(H,14,16). The van der Waals surface area contributed by atoms with Gasteiger partial charge in [0.25, 0.3) is 0 Å². The molecule has 5 heteroatoms. The van der Waals surface area contributed by atoms with Gasteiger partial charge in [-0.1, -0.05) is 13.0 Å². The molecule has 2 atom stereocenters. The SMILES string of the molecule is COCC(O)CCNC(=O)C(C)Cc1cccs1. The molecule has 1 amide bonds. The summed E-state index contributed by atoms with van der Waals surface area (Å²) in [6.07, 6.45) is 0.776. The maximum absolute atomic E-state index is 11.8. The highest BCUT2D eigenvalue weighted by molar-refractivity contribution is 7.09. The molecule has 1 aromatic heterocycles. The molecule has 4 nitrogen and oxygen atoms in total. The second-order valence-electron chi connectivity index (χ2n) is 4.37. The highest BCUT2D eigenvalue weighted by Gasteiger charge is 2.14. The van der Waals surface area contributed by atoms with Gasteiger partial charge in [-0.05, 0) is 24.3 Å². The van der Waals surface area contributed by atoms with Crippen LogP contribution in [-0.2, 0) is 16.0 Å². The van der Waals surface area contributed by atoms with Crippen molar-refractivity contribution in [2.24, 2.45) is 5.92 Å². The lowest BCUT2D eigenvalue weighted by atomic mass is 10.1. The summed E-state index contributed by atoms with van der Waals surface area (Å²) >= 11 is 1.67. The Hall–Kier alpha value is -0.910. The molecular weight excluding hydrogens is 250 g/mol. The summed E-state index contributed by atoms with van der Waals surface area (Å²) in [5.74, 6) is -0.00349. The van der Waals surface area contributed by atoms with Crippen LogP contribution in [0.3, 0.4) is 0 Å². The second kappa shape index (κ2) is 8.24. The molecule has 18 heavy (non-hydrogen) atoms. The Kier molecular flexibility index (Phi) is 6.93. The number of hydrogen-bond donors (Lipinski definition) is 2. The van der Waals surface area contributed by atoms with Crippen LogP contribution in [0.2, 0.25) is 0 Å². The molecule has 2 unspecified atom stereocenters. The van der Waals surface area contributed by atoms with Gasteiger partial charge in [-0.25, -0.2) is 0 Å². The second-order valence-corrected chi connectivity index (χ2v) is 5.41. The first-order chi connectivity index (χ1) is 8.63. The fourth-order valence-electron chi connectivity index (χ4n) is 1.64. The summed E-state index contributed by atoms with van der Waals surface area (Å²) in [6.45, 7) is 2.71. The van der Waals surface area contributed by atoms with E-state index in [1.54, 1.807) is 18.4 Å². The molecular formula is C13H21NO3S.